The molecule has 0 saturated heterocycles. The third-order valence-electron chi connectivity index (χ3n) is 2.95. The molecule has 1 aromatic heterocycles. The molecule has 3 nitrogen and oxygen atoms in total. The van der Waals surface area contributed by atoms with Crippen molar-refractivity contribution in [2.24, 2.45) is 5.73 Å². The summed E-state index contributed by atoms with van der Waals surface area (Å²) in [4.78, 5) is 15.5. The fourth-order valence-electron chi connectivity index (χ4n) is 1.95. The highest BCUT2D eigenvalue weighted by Crippen LogP contribution is 2.39. The summed E-state index contributed by atoms with van der Waals surface area (Å²) in [6.45, 7) is 1.75. The first-order chi connectivity index (χ1) is 9.71. The molecule has 2 rings (SSSR count). The van der Waals surface area contributed by atoms with Gasteiger partial charge in [-0.05, 0) is 47.7 Å². The number of carbonyl (C=O) groups is 1. The number of rotatable bonds is 2. The van der Waals surface area contributed by atoms with E-state index in [0.29, 0.717) is 9.26 Å². The van der Waals surface area contributed by atoms with Crippen LogP contribution < -0.4 is 5.73 Å². The second-order valence-electron chi connectivity index (χ2n) is 4.38. The SMILES string of the molecule is Cc1ncc(-c2c(C(N)=O)cccc2C(F)(F)F)cc1I. The number of pyridine rings is 1. The second-order valence-corrected chi connectivity index (χ2v) is 5.54. The van der Waals surface area contributed by atoms with E-state index >= 15 is 0 Å². The van der Waals surface area contributed by atoms with Gasteiger partial charge in [-0.15, -0.1) is 0 Å². The highest BCUT2D eigenvalue weighted by molar-refractivity contribution is 14.1. The van der Waals surface area contributed by atoms with Crippen molar-refractivity contribution >= 4 is 28.5 Å². The van der Waals surface area contributed by atoms with E-state index in [1.54, 1.807) is 13.0 Å². The zero-order valence-corrected chi connectivity index (χ0v) is 13.0. The van der Waals surface area contributed by atoms with Gasteiger partial charge in [0.15, 0.2) is 0 Å². The quantitative estimate of drug-likeness (QED) is 0.773. The molecule has 21 heavy (non-hydrogen) atoms. The Kier molecular flexibility index (Phi) is 4.22. The molecule has 1 heterocycles. The van der Waals surface area contributed by atoms with Crippen LogP contribution in [0.4, 0.5) is 13.2 Å². The first kappa shape index (κ1) is 15.7. The van der Waals surface area contributed by atoms with Gasteiger partial charge in [-0.2, -0.15) is 13.2 Å². The van der Waals surface area contributed by atoms with Crippen molar-refractivity contribution in [3.63, 3.8) is 0 Å². The summed E-state index contributed by atoms with van der Waals surface area (Å²) in [7, 11) is 0. The zero-order chi connectivity index (χ0) is 15.8. The topological polar surface area (TPSA) is 56.0 Å². The summed E-state index contributed by atoms with van der Waals surface area (Å²) in [6.07, 6.45) is -3.27. The fraction of sp³-hybridized carbons (Fsp3) is 0.143. The molecule has 0 atom stereocenters. The van der Waals surface area contributed by atoms with E-state index in [4.69, 9.17) is 5.73 Å². The van der Waals surface area contributed by atoms with E-state index in [-0.39, 0.29) is 16.7 Å². The summed E-state index contributed by atoms with van der Waals surface area (Å²) in [5.41, 5.74) is 4.81. The van der Waals surface area contributed by atoms with Gasteiger partial charge in [0.05, 0.1) is 11.3 Å². The number of alkyl halides is 3. The molecule has 0 bridgehead atoms. The minimum atomic E-state index is -4.59. The molecule has 1 amide bonds. The van der Waals surface area contributed by atoms with Crippen LogP contribution in [-0.4, -0.2) is 10.9 Å². The normalized spacial score (nSPS) is 11.5. The Bertz CT molecular complexity index is 714. The maximum Gasteiger partial charge on any atom is 0.417 e. The minimum Gasteiger partial charge on any atom is -0.366 e. The van der Waals surface area contributed by atoms with Gasteiger partial charge < -0.3 is 5.73 Å². The van der Waals surface area contributed by atoms with Gasteiger partial charge in [0.25, 0.3) is 0 Å². The molecule has 0 radical (unpaired) electrons. The Morgan fingerprint density at radius 1 is 1.33 bits per heavy atom. The summed E-state index contributed by atoms with van der Waals surface area (Å²) < 4.78 is 40.3. The van der Waals surface area contributed by atoms with Crippen LogP contribution in [0.15, 0.2) is 30.5 Å². The molecule has 0 fully saturated rings. The Labute approximate surface area is 132 Å². The molecule has 0 aliphatic rings. The predicted octanol–water partition coefficient (Wildman–Crippen LogP) is 3.78. The molecule has 0 spiro atoms. The van der Waals surface area contributed by atoms with E-state index in [0.717, 1.165) is 6.07 Å². The molecule has 2 aromatic rings. The number of halogens is 4. The van der Waals surface area contributed by atoms with E-state index < -0.39 is 17.6 Å². The summed E-state index contributed by atoms with van der Waals surface area (Å²) in [5.74, 6) is -0.910. The van der Waals surface area contributed by atoms with Gasteiger partial charge in [0, 0.05) is 26.5 Å². The number of benzene rings is 1. The third-order valence-corrected chi connectivity index (χ3v) is 4.04. The van der Waals surface area contributed by atoms with E-state index in [1.807, 2.05) is 22.6 Å². The minimum absolute atomic E-state index is 0.175. The lowest BCUT2D eigenvalue weighted by molar-refractivity contribution is -0.137. The standard InChI is InChI=1S/C14H10F3IN2O/c1-7-11(18)5-8(6-20-7)12-9(13(19)21)3-2-4-10(12)14(15,16)17/h2-6H,1H3,(H2,19,21). The lowest BCUT2D eigenvalue weighted by Gasteiger charge is -2.16. The number of nitrogens with zero attached hydrogens (tertiary/aromatic N) is 1. The highest BCUT2D eigenvalue weighted by Gasteiger charge is 2.35. The molecule has 0 aliphatic heterocycles. The van der Waals surface area contributed by atoms with E-state index in [2.05, 4.69) is 4.98 Å². The first-order valence-electron chi connectivity index (χ1n) is 5.84. The average Bonchev–Trinajstić information content (AvgIpc) is 2.40. The molecular weight excluding hydrogens is 396 g/mol. The van der Waals surface area contributed by atoms with Gasteiger partial charge in [-0.25, -0.2) is 0 Å². The number of hydrogen-bond donors (Lipinski definition) is 1. The fourth-order valence-corrected chi connectivity index (χ4v) is 2.42. The van der Waals surface area contributed by atoms with Gasteiger partial charge in [0.2, 0.25) is 5.91 Å². The number of nitrogens with two attached hydrogens (primary N) is 1. The molecule has 0 aliphatic carbocycles. The van der Waals surface area contributed by atoms with Crippen LogP contribution in [0.2, 0.25) is 0 Å². The van der Waals surface area contributed by atoms with Crippen molar-refractivity contribution in [1.29, 1.82) is 0 Å². The van der Waals surface area contributed by atoms with Crippen LogP contribution in [-0.2, 0) is 6.18 Å². The number of carbonyl (C=O) groups excluding carboxylic acids is 1. The molecule has 7 heteroatoms. The Hall–Kier alpha value is -1.64. The van der Waals surface area contributed by atoms with E-state index in [9.17, 15) is 18.0 Å². The smallest absolute Gasteiger partial charge is 0.366 e. The van der Waals surface area contributed by atoms with Crippen molar-refractivity contribution in [2.45, 2.75) is 13.1 Å². The molecular formula is C14H10F3IN2O. The molecule has 0 saturated carbocycles. The monoisotopic (exact) mass is 406 g/mol. The number of aryl methyl sites for hydroxylation is 1. The van der Waals surface area contributed by atoms with Crippen LogP contribution in [0.3, 0.4) is 0 Å². The summed E-state index contributed by atoms with van der Waals surface area (Å²) >= 11 is 1.98. The summed E-state index contributed by atoms with van der Waals surface area (Å²) in [5, 5.41) is 0. The van der Waals surface area contributed by atoms with Crippen LogP contribution in [0.1, 0.15) is 21.6 Å². The lowest BCUT2D eigenvalue weighted by atomic mass is 9.94. The molecule has 110 valence electrons. The largest absolute Gasteiger partial charge is 0.417 e. The van der Waals surface area contributed by atoms with Crippen LogP contribution in [0, 0.1) is 10.5 Å². The highest BCUT2D eigenvalue weighted by atomic mass is 127. The third kappa shape index (κ3) is 3.17. The zero-order valence-electron chi connectivity index (χ0n) is 10.8. The van der Waals surface area contributed by atoms with Crippen molar-refractivity contribution in [3.05, 3.63) is 50.9 Å². The number of primary amides is 1. The maximum atomic E-state index is 13.2. The molecule has 0 unspecified atom stereocenters. The number of amides is 1. The Balaban J connectivity index is 2.81. The summed E-state index contributed by atoms with van der Waals surface area (Å²) in [6, 6.07) is 4.92. The second kappa shape index (κ2) is 5.63. The van der Waals surface area contributed by atoms with Crippen LogP contribution in [0.25, 0.3) is 11.1 Å². The van der Waals surface area contributed by atoms with Crippen molar-refractivity contribution in [3.8, 4) is 11.1 Å². The van der Waals surface area contributed by atoms with Gasteiger partial charge in [-0.1, -0.05) is 6.07 Å². The van der Waals surface area contributed by atoms with E-state index in [1.165, 1.54) is 18.3 Å². The van der Waals surface area contributed by atoms with Crippen molar-refractivity contribution < 1.29 is 18.0 Å². The average molecular weight is 406 g/mol. The van der Waals surface area contributed by atoms with Gasteiger partial charge >= 0.3 is 6.18 Å². The van der Waals surface area contributed by atoms with Gasteiger partial charge in [-0.3, -0.25) is 9.78 Å². The molecule has 1 aromatic carbocycles. The number of hydrogen-bond acceptors (Lipinski definition) is 2. The Morgan fingerprint density at radius 2 is 2.00 bits per heavy atom. The van der Waals surface area contributed by atoms with Crippen LogP contribution >= 0.6 is 22.6 Å². The molecule has 2 N–H and O–H groups in total. The van der Waals surface area contributed by atoms with Crippen molar-refractivity contribution in [1.82, 2.24) is 4.98 Å². The maximum absolute atomic E-state index is 13.2. The number of aromatic nitrogens is 1. The first-order valence-corrected chi connectivity index (χ1v) is 6.92. The van der Waals surface area contributed by atoms with Gasteiger partial charge in [0.1, 0.15) is 0 Å². The predicted molar refractivity (Wildman–Crippen MR) is 80.6 cm³/mol. The lowest BCUT2D eigenvalue weighted by Crippen LogP contribution is -2.16. The van der Waals surface area contributed by atoms with Crippen LogP contribution in [0.5, 0.6) is 0 Å². The Morgan fingerprint density at radius 3 is 2.52 bits per heavy atom. The van der Waals surface area contributed by atoms with Crippen molar-refractivity contribution in [2.75, 3.05) is 0 Å².